The molecule has 1 saturated heterocycles. The lowest BCUT2D eigenvalue weighted by Crippen LogP contribution is -2.36. The molecule has 0 aliphatic carbocycles. The highest BCUT2D eigenvalue weighted by Gasteiger charge is 2.18. The van der Waals surface area contributed by atoms with Gasteiger partial charge >= 0.3 is 0 Å². The van der Waals surface area contributed by atoms with Crippen LogP contribution in [0.15, 0.2) is 0 Å². The molecule has 1 atom stereocenters. The summed E-state index contributed by atoms with van der Waals surface area (Å²) in [5.74, 6) is 1.16. The molecule has 0 saturated carbocycles. The van der Waals surface area contributed by atoms with E-state index in [4.69, 9.17) is 5.73 Å². The number of nitrogens with two attached hydrogens (primary N) is 1. The van der Waals surface area contributed by atoms with Gasteiger partial charge in [0, 0.05) is 31.9 Å². The van der Waals surface area contributed by atoms with E-state index in [-0.39, 0.29) is 0 Å². The number of hydrogen-bond donors (Lipinski definition) is 1. The first-order chi connectivity index (χ1) is 9.46. The molecule has 20 heavy (non-hydrogen) atoms. The largest absolute Gasteiger partial charge is 0.330 e. The van der Waals surface area contributed by atoms with Gasteiger partial charge < -0.3 is 15.5 Å². The third-order valence-electron chi connectivity index (χ3n) is 3.89. The van der Waals surface area contributed by atoms with Gasteiger partial charge in [0.25, 0.3) is 0 Å². The standard InChI is InChI=1S/C14H31N3O2S/c1-3-10-20(18,19)11-9-16-5-4-6-17(8-7-16)13-14(2)12-15/h14H,3-13,15H2,1-2H3. The molecular weight excluding hydrogens is 274 g/mol. The van der Waals surface area contributed by atoms with Gasteiger partial charge in [0.1, 0.15) is 0 Å². The molecule has 1 fully saturated rings. The predicted octanol–water partition coefficient (Wildman–Crippen LogP) is 0.414. The summed E-state index contributed by atoms with van der Waals surface area (Å²) in [6, 6.07) is 0. The minimum atomic E-state index is -2.85. The summed E-state index contributed by atoms with van der Waals surface area (Å²) in [6.07, 6.45) is 1.83. The third kappa shape index (κ3) is 7.02. The monoisotopic (exact) mass is 305 g/mol. The van der Waals surface area contributed by atoms with E-state index in [0.717, 1.165) is 45.7 Å². The van der Waals surface area contributed by atoms with Crippen LogP contribution in [0.5, 0.6) is 0 Å². The summed E-state index contributed by atoms with van der Waals surface area (Å²) < 4.78 is 23.5. The summed E-state index contributed by atoms with van der Waals surface area (Å²) in [4.78, 5) is 4.75. The lowest BCUT2D eigenvalue weighted by Gasteiger charge is -2.24. The van der Waals surface area contributed by atoms with Crippen molar-refractivity contribution in [2.45, 2.75) is 26.7 Å². The van der Waals surface area contributed by atoms with E-state index in [1.165, 1.54) is 0 Å². The van der Waals surface area contributed by atoms with Gasteiger partial charge in [-0.15, -0.1) is 0 Å². The van der Waals surface area contributed by atoms with Crippen molar-refractivity contribution in [3.05, 3.63) is 0 Å². The molecular formula is C14H31N3O2S. The number of hydrogen-bond acceptors (Lipinski definition) is 5. The molecule has 120 valence electrons. The maximum absolute atomic E-state index is 11.8. The Labute approximate surface area is 124 Å². The van der Waals surface area contributed by atoms with Crippen molar-refractivity contribution in [2.75, 3.05) is 57.3 Å². The van der Waals surface area contributed by atoms with Crippen molar-refractivity contribution in [3.63, 3.8) is 0 Å². The quantitative estimate of drug-likeness (QED) is 0.704. The molecule has 5 nitrogen and oxygen atoms in total. The zero-order chi connectivity index (χ0) is 15.0. The Bertz CT molecular complexity index is 359. The summed E-state index contributed by atoms with van der Waals surface area (Å²) in [5, 5.41) is 0. The van der Waals surface area contributed by atoms with Crippen LogP contribution < -0.4 is 5.73 Å². The van der Waals surface area contributed by atoms with Gasteiger partial charge in [-0.1, -0.05) is 13.8 Å². The molecule has 0 aromatic heterocycles. The molecule has 2 N–H and O–H groups in total. The average Bonchev–Trinajstić information content (AvgIpc) is 2.62. The first-order valence-corrected chi connectivity index (χ1v) is 9.64. The zero-order valence-electron chi connectivity index (χ0n) is 13.1. The number of rotatable bonds is 8. The normalized spacial score (nSPS) is 20.8. The van der Waals surface area contributed by atoms with E-state index in [2.05, 4.69) is 16.7 Å². The maximum atomic E-state index is 11.8. The molecule has 0 spiro atoms. The van der Waals surface area contributed by atoms with Crippen molar-refractivity contribution in [3.8, 4) is 0 Å². The van der Waals surface area contributed by atoms with Gasteiger partial charge in [0.05, 0.1) is 5.75 Å². The van der Waals surface area contributed by atoms with Crippen LogP contribution >= 0.6 is 0 Å². The topological polar surface area (TPSA) is 66.6 Å². The molecule has 1 aliphatic rings. The molecule has 1 unspecified atom stereocenters. The Morgan fingerprint density at radius 3 is 2.40 bits per heavy atom. The highest BCUT2D eigenvalue weighted by Crippen LogP contribution is 2.06. The van der Waals surface area contributed by atoms with Crippen LogP contribution in [-0.4, -0.2) is 75.5 Å². The molecule has 6 heteroatoms. The molecule has 0 radical (unpaired) electrons. The number of sulfone groups is 1. The van der Waals surface area contributed by atoms with Gasteiger partial charge in [-0.05, 0) is 38.4 Å². The molecule has 1 rings (SSSR count). The average molecular weight is 305 g/mol. The Morgan fingerprint density at radius 2 is 1.75 bits per heavy atom. The van der Waals surface area contributed by atoms with Crippen molar-refractivity contribution in [1.82, 2.24) is 9.80 Å². The van der Waals surface area contributed by atoms with Gasteiger partial charge in [0.15, 0.2) is 9.84 Å². The van der Waals surface area contributed by atoms with E-state index < -0.39 is 9.84 Å². The van der Waals surface area contributed by atoms with Crippen molar-refractivity contribution >= 4 is 9.84 Å². The van der Waals surface area contributed by atoms with Gasteiger partial charge in [0.2, 0.25) is 0 Å². The summed E-state index contributed by atoms with van der Waals surface area (Å²) in [6.45, 7) is 10.7. The first-order valence-electron chi connectivity index (χ1n) is 7.82. The highest BCUT2D eigenvalue weighted by molar-refractivity contribution is 7.91. The minimum Gasteiger partial charge on any atom is -0.330 e. The fraction of sp³-hybridized carbons (Fsp3) is 1.00. The predicted molar refractivity (Wildman–Crippen MR) is 84.7 cm³/mol. The minimum absolute atomic E-state index is 0.306. The fourth-order valence-electron chi connectivity index (χ4n) is 2.63. The van der Waals surface area contributed by atoms with E-state index in [1.807, 2.05) is 6.92 Å². The zero-order valence-corrected chi connectivity index (χ0v) is 13.9. The van der Waals surface area contributed by atoms with Gasteiger partial charge in [-0.2, -0.15) is 0 Å². The Hall–Kier alpha value is -0.170. The molecule has 0 aromatic rings. The second-order valence-corrected chi connectivity index (χ2v) is 8.29. The van der Waals surface area contributed by atoms with Crippen LogP contribution in [0.2, 0.25) is 0 Å². The SMILES string of the molecule is CCCS(=O)(=O)CCN1CCCN(CC(C)CN)CC1. The maximum Gasteiger partial charge on any atom is 0.151 e. The Kier molecular flexibility index (Phi) is 8.02. The van der Waals surface area contributed by atoms with E-state index in [0.29, 0.717) is 30.4 Å². The second kappa shape index (κ2) is 8.97. The lowest BCUT2D eigenvalue weighted by atomic mass is 10.1. The van der Waals surface area contributed by atoms with Crippen LogP contribution in [-0.2, 0) is 9.84 Å². The molecule has 1 aliphatic heterocycles. The summed E-state index contributed by atoms with van der Waals surface area (Å²) in [5.41, 5.74) is 5.68. The smallest absolute Gasteiger partial charge is 0.151 e. The van der Waals surface area contributed by atoms with Crippen molar-refractivity contribution in [1.29, 1.82) is 0 Å². The Balaban J connectivity index is 2.33. The van der Waals surface area contributed by atoms with Crippen LogP contribution in [0.25, 0.3) is 0 Å². The van der Waals surface area contributed by atoms with E-state index >= 15 is 0 Å². The fourth-order valence-corrected chi connectivity index (χ4v) is 3.99. The molecule has 0 aromatic carbocycles. The first kappa shape index (κ1) is 17.9. The highest BCUT2D eigenvalue weighted by atomic mass is 32.2. The van der Waals surface area contributed by atoms with Crippen molar-refractivity contribution in [2.24, 2.45) is 11.7 Å². The van der Waals surface area contributed by atoms with E-state index in [1.54, 1.807) is 0 Å². The third-order valence-corrected chi connectivity index (χ3v) is 5.72. The molecule has 0 bridgehead atoms. The van der Waals surface area contributed by atoms with E-state index in [9.17, 15) is 8.42 Å². The van der Waals surface area contributed by atoms with Crippen molar-refractivity contribution < 1.29 is 8.42 Å². The number of nitrogens with zero attached hydrogens (tertiary/aromatic N) is 2. The van der Waals surface area contributed by atoms with Crippen LogP contribution in [0, 0.1) is 5.92 Å². The summed E-state index contributed by atoms with van der Waals surface area (Å²) >= 11 is 0. The lowest BCUT2D eigenvalue weighted by molar-refractivity contribution is 0.238. The van der Waals surface area contributed by atoms with Gasteiger partial charge in [-0.3, -0.25) is 0 Å². The van der Waals surface area contributed by atoms with Crippen LogP contribution in [0.4, 0.5) is 0 Å². The van der Waals surface area contributed by atoms with Crippen LogP contribution in [0.3, 0.4) is 0 Å². The summed E-state index contributed by atoms with van der Waals surface area (Å²) in [7, 11) is -2.85. The van der Waals surface area contributed by atoms with Gasteiger partial charge in [-0.25, -0.2) is 8.42 Å². The second-order valence-electron chi connectivity index (χ2n) is 5.99. The Morgan fingerprint density at radius 1 is 1.10 bits per heavy atom. The molecule has 0 amide bonds. The van der Waals surface area contributed by atoms with Crippen LogP contribution in [0.1, 0.15) is 26.7 Å². The molecule has 1 heterocycles.